The Kier molecular flexibility index (Phi) is 5.94. The van der Waals surface area contributed by atoms with Crippen molar-refractivity contribution in [1.29, 1.82) is 0 Å². The van der Waals surface area contributed by atoms with Crippen molar-refractivity contribution in [3.05, 3.63) is 35.8 Å². The minimum atomic E-state index is -4.41. The van der Waals surface area contributed by atoms with Crippen molar-refractivity contribution in [2.75, 3.05) is 38.1 Å². The number of benzene rings is 1. The van der Waals surface area contributed by atoms with Crippen LogP contribution in [0.2, 0.25) is 0 Å². The normalized spacial score (nSPS) is 29.7. The lowest BCUT2D eigenvalue weighted by molar-refractivity contribution is -0.178. The zero-order valence-electron chi connectivity index (χ0n) is 19.4. The van der Waals surface area contributed by atoms with Gasteiger partial charge >= 0.3 is 6.18 Å². The maximum Gasteiger partial charge on any atom is 0.393 e. The van der Waals surface area contributed by atoms with Gasteiger partial charge in [-0.3, -0.25) is 9.78 Å². The molecule has 3 heterocycles. The van der Waals surface area contributed by atoms with Gasteiger partial charge in [-0.05, 0) is 62.8 Å². The predicted octanol–water partition coefficient (Wildman–Crippen LogP) is 4.14. The zero-order valence-corrected chi connectivity index (χ0v) is 19.4. The molecule has 9 heteroatoms. The molecule has 1 aromatic carbocycles. The number of hydrogen-bond donors (Lipinski definition) is 1. The number of piperidine rings is 3. The predicted molar refractivity (Wildman–Crippen MR) is 122 cm³/mol. The molecule has 1 saturated carbocycles. The van der Waals surface area contributed by atoms with E-state index in [2.05, 4.69) is 22.2 Å². The average Bonchev–Trinajstić information content (AvgIpc) is 2.79. The summed E-state index contributed by atoms with van der Waals surface area (Å²) in [4.78, 5) is 20.9. The highest BCUT2D eigenvalue weighted by atomic mass is 19.4. The van der Waals surface area contributed by atoms with E-state index in [0.29, 0.717) is 46.3 Å². The van der Waals surface area contributed by atoms with E-state index < -0.39 is 24.0 Å². The van der Waals surface area contributed by atoms with Crippen LogP contribution in [-0.2, 0) is 4.79 Å². The molecule has 1 N–H and O–H groups in total. The van der Waals surface area contributed by atoms with E-state index in [1.165, 1.54) is 6.07 Å². The van der Waals surface area contributed by atoms with Crippen LogP contribution < -0.4 is 10.2 Å². The summed E-state index contributed by atoms with van der Waals surface area (Å²) >= 11 is 0. The van der Waals surface area contributed by atoms with E-state index in [0.717, 1.165) is 19.5 Å². The molecule has 1 aromatic heterocycles. The first-order valence-corrected chi connectivity index (χ1v) is 11.9. The molecule has 5 nitrogen and oxygen atoms in total. The van der Waals surface area contributed by atoms with E-state index in [9.17, 15) is 22.4 Å². The number of alkyl halides is 3. The van der Waals surface area contributed by atoms with Gasteiger partial charge in [0.15, 0.2) is 0 Å². The monoisotopic (exact) mass is 478 g/mol. The summed E-state index contributed by atoms with van der Waals surface area (Å²) in [7, 11) is 2.08. The van der Waals surface area contributed by atoms with Crippen LogP contribution in [0.25, 0.3) is 10.9 Å². The molecule has 2 unspecified atom stereocenters. The molecule has 0 spiro atoms. The summed E-state index contributed by atoms with van der Waals surface area (Å²) in [5, 5.41) is 3.50. The van der Waals surface area contributed by atoms with Gasteiger partial charge < -0.3 is 15.1 Å². The van der Waals surface area contributed by atoms with Gasteiger partial charge in [0.1, 0.15) is 5.82 Å². The van der Waals surface area contributed by atoms with Crippen LogP contribution in [0.15, 0.2) is 24.4 Å². The van der Waals surface area contributed by atoms with Gasteiger partial charge in [-0.2, -0.15) is 13.2 Å². The number of carbonyl (C=O) groups excluding carboxylic acids is 1. The third-order valence-corrected chi connectivity index (χ3v) is 8.01. The highest BCUT2D eigenvalue weighted by molar-refractivity contribution is 5.94. The molecule has 184 valence electrons. The number of fused-ring (bicyclic) bond motifs is 3. The minimum Gasteiger partial charge on any atom is -0.368 e. The molecule has 5 rings (SSSR count). The van der Waals surface area contributed by atoms with Crippen molar-refractivity contribution >= 4 is 22.5 Å². The van der Waals surface area contributed by atoms with Gasteiger partial charge in [0.25, 0.3) is 0 Å². The zero-order chi connectivity index (χ0) is 24.2. The number of halogens is 4. The van der Waals surface area contributed by atoms with Crippen molar-refractivity contribution < 1.29 is 22.4 Å². The van der Waals surface area contributed by atoms with Gasteiger partial charge in [-0.15, -0.1) is 0 Å². The quantitative estimate of drug-likeness (QED) is 0.671. The van der Waals surface area contributed by atoms with E-state index in [1.807, 2.05) is 0 Å². The van der Waals surface area contributed by atoms with Crippen LogP contribution in [0.5, 0.6) is 0 Å². The number of pyridine rings is 1. The van der Waals surface area contributed by atoms with Crippen LogP contribution in [0.4, 0.5) is 23.2 Å². The summed E-state index contributed by atoms with van der Waals surface area (Å²) in [5.41, 5.74) is 1.19. The van der Waals surface area contributed by atoms with Gasteiger partial charge in [0, 0.05) is 61.5 Å². The Balaban J connectivity index is 1.36. The van der Waals surface area contributed by atoms with Crippen LogP contribution in [0.1, 0.15) is 24.8 Å². The Hall–Kier alpha value is -2.42. The van der Waals surface area contributed by atoms with E-state index in [1.54, 1.807) is 30.2 Å². The number of nitrogens with zero attached hydrogens (tertiary/aromatic N) is 3. The standard InChI is InChI=1S/C25H30F4N4O/c1-14-21(26)9-22(19-4-3-5-30-24(14)19)33-12-17(25(27,28)29)7-18(13-33)31-23(34)8-20-15-6-16(20)11-32(2)10-15/h3-5,9,15-18,20H,6-8,10-13H2,1-2H3,(H,31,34)/t15?,16?,17-,18+,20?/m0/s1. The maximum absolute atomic E-state index is 14.7. The van der Waals surface area contributed by atoms with Gasteiger partial charge in [0.05, 0.1) is 11.4 Å². The molecule has 4 atom stereocenters. The molecule has 3 fully saturated rings. The number of carbonyl (C=O) groups is 1. The molecule has 1 aliphatic carbocycles. The lowest BCUT2D eigenvalue weighted by Crippen LogP contribution is -2.57. The second-order valence-electron chi connectivity index (χ2n) is 10.4. The maximum atomic E-state index is 14.7. The van der Waals surface area contributed by atoms with Crippen LogP contribution in [0, 0.1) is 36.4 Å². The number of anilines is 1. The Bertz CT molecular complexity index is 1080. The lowest BCUT2D eigenvalue weighted by atomic mass is 9.60. The largest absolute Gasteiger partial charge is 0.393 e. The molecule has 2 saturated heterocycles. The third kappa shape index (κ3) is 4.34. The third-order valence-electron chi connectivity index (χ3n) is 8.01. The molecule has 0 radical (unpaired) electrons. The van der Waals surface area contributed by atoms with Gasteiger partial charge in [-0.1, -0.05) is 0 Å². The Morgan fingerprint density at radius 1 is 1.18 bits per heavy atom. The summed E-state index contributed by atoms with van der Waals surface area (Å²) in [5.74, 6) is -0.990. The highest BCUT2D eigenvalue weighted by Crippen LogP contribution is 2.47. The van der Waals surface area contributed by atoms with Crippen molar-refractivity contribution in [2.24, 2.45) is 23.7 Å². The summed E-state index contributed by atoms with van der Waals surface area (Å²) in [6, 6.07) is 4.08. The first-order chi connectivity index (χ1) is 16.1. The van der Waals surface area contributed by atoms with E-state index in [4.69, 9.17) is 0 Å². The van der Waals surface area contributed by atoms with Crippen molar-refractivity contribution in [3.63, 3.8) is 0 Å². The molecule has 2 bridgehead atoms. The number of aromatic nitrogens is 1. The first kappa shape index (κ1) is 23.3. The topological polar surface area (TPSA) is 48.5 Å². The number of likely N-dealkylation sites (tertiary alicyclic amines) is 1. The fourth-order valence-corrected chi connectivity index (χ4v) is 6.29. The fraction of sp³-hybridized carbons (Fsp3) is 0.600. The Morgan fingerprint density at radius 2 is 1.91 bits per heavy atom. The number of nitrogens with one attached hydrogen (secondary N) is 1. The molecule has 3 aliphatic rings. The molecular formula is C25H30F4N4O. The molecule has 2 aromatic rings. The number of rotatable bonds is 4. The summed E-state index contributed by atoms with van der Waals surface area (Å²) < 4.78 is 56.2. The van der Waals surface area contributed by atoms with E-state index in [-0.39, 0.29) is 25.4 Å². The minimum absolute atomic E-state index is 0.170. The molecule has 1 amide bonds. The van der Waals surface area contributed by atoms with Gasteiger partial charge in [0.2, 0.25) is 5.91 Å². The summed E-state index contributed by atoms with van der Waals surface area (Å²) in [6.45, 7) is 3.48. The summed E-state index contributed by atoms with van der Waals surface area (Å²) in [6.07, 6.45) is -1.53. The molecule has 2 aliphatic heterocycles. The second-order valence-corrected chi connectivity index (χ2v) is 10.4. The Labute approximate surface area is 196 Å². The van der Waals surface area contributed by atoms with Gasteiger partial charge in [-0.25, -0.2) is 4.39 Å². The number of aryl methyl sites for hydroxylation is 1. The SMILES string of the molecule is Cc1c(F)cc(N2C[C@H](NC(=O)CC3C4CC3CN(C)C4)C[C@H](C(F)(F)F)C2)c2cccnc12. The second kappa shape index (κ2) is 8.66. The van der Waals surface area contributed by atoms with Crippen molar-refractivity contribution in [2.45, 2.75) is 38.4 Å². The lowest BCUT2D eigenvalue weighted by Gasteiger charge is -2.53. The Morgan fingerprint density at radius 3 is 2.62 bits per heavy atom. The number of amides is 1. The molecular weight excluding hydrogens is 448 g/mol. The van der Waals surface area contributed by atoms with Crippen LogP contribution >= 0.6 is 0 Å². The smallest absolute Gasteiger partial charge is 0.368 e. The first-order valence-electron chi connectivity index (χ1n) is 11.9. The van der Waals surface area contributed by atoms with Crippen LogP contribution in [0.3, 0.4) is 0 Å². The van der Waals surface area contributed by atoms with Crippen molar-refractivity contribution in [3.8, 4) is 0 Å². The molecule has 34 heavy (non-hydrogen) atoms. The van der Waals surface area contributed by atoms with Crippen LogP contribution in [-0.4, -0.2) is 61.2 Å². The average molecular weight is 479 g/mol. The van der Waals surface area contributed by atoms with Crippen molar-refractivity contribution in [1.82, 2.24) is 15.2 Å². The van der Waals surface area contributed by atoms with E-state index >= 15 is 0 Å². The fourth-order valence-electron chi connectivity index (χ4n) is 6.29. The number of hydrogen-bond acceptors (Lipinski definition) is 4. The highest BCUT2D eigenvalue weighted by Gasteiger charge is 2.47.